The van der Waals surface area contributed by atoms with Crippen molar-refractivity contribution in [2.45, 2.75) is 78.6 Å². The third kappa shape index (κ3) is 9.24. The summed E-state index contributed by atoms with van der Waals surface area (Å²) in [5, 5.41) is 3.56. The number of rotatable bonds is 7. The quantitative estimate of drug-likeness (QED) is 0.148. The Bertz CT molecular complexity index is 7310. The standard InChI is InChI=1S/C96H76BN5S/c1-94(2,3)61-45-51-82-74(53-61)75-54-62(95(4,5)6)46-52-83(75)99(82)65-48-50-77-87(58-65)102(91-66(59-27-12-10-13-28-59)35-24-36-67(91)60-29-14-11-15-30-60)89-56-63(96(7,8)9)55-88-90(89)97(77)76-49-47-64(98-78-39-20-16-31-68(78)69-32-17-21-40-79(69)98)57-86(76)101(88)85-44-26-38-73-72-37-25-43-84(92(72)103-93(73)85)100-80-41-22-18-33-70(80)71-34-19-23-42-81(71)100/h10-58H,1-9H3/i16D,17D,18D,19D,20D,21D,22D,23D,31D,32D,33D,34D,39D,40D,41D,42D. The molecule has 0 saturated heterocycles. The second-order valence-corrected chi connectivity index (χ2v) is 31.5. The van der Waals surface area contributed by atoms with Gasteiger partial charge in [-0.2, -0.15) is 0 Å². The monoisotopic (exact) mass is 1360 g/mol. The number of hydrogen-bond donors (Lipinski definition) is 0. The van der Waals surface area contributed by atoms with Crippen LogP contribution in [0.5, 0.6) is 0 Å². The summed E-state index contributed by atoms with van der Waals surface area (Å²) in [6.45, 7) is 19.5. The summed E-state index contributed by atoms with van der Waals surface area (Å²) in [6, 6.07) is 62.6. The number of nitrogens with zero attached hydrogens (tertiary/aromatic N) is 5. The van der Waals surface area contributed by atoms with E-state index in [0.717, 1.165) is 110 Å². The topological polar surface area (TPSA) is 21.3 Å². The predicted octanol–water partition coefficient (Wildman–Crippen LogP) is 24.7. The second kappa shape index (κ2) is 22.4. The van der Waals surface area contributed by atoms with Crippen LogP contribution >= 0.6 is 11.3 Å². The molecule has 0 aliphatic carbocycles. The number of fused-ring (bicyclic) bond motifs is 16. The third-order valence-corrected chi connectivity index (χ3v) is 22.6. The molecule has 6 heterocycles. The Morgan fingerprint density at radius 2 is 0.709 bits per heavy atom. The third-order valence-electron chi connectivity index (χ3n) is 21.4. The van der Waals surface area contributed by atoms with Crippen LogP contribution in [0.4, 0.5) is 34.1 Å². The molecule has 0 radical (unpaired) electrons. The Kier molecular flexibility index (Phi) is 10.2. The molecule has 2 aliphatic rings. The van der Waals surface area contributed by atoms with E-state index < -0.39 is 109 Å². The van der Waals surface area contributed by atoms with Gasteiger partial charge >= 0.3 is 0 Å². The zero-order valence-corrected chi connectivity index (χ0v) is 59.1. The fraction of sp³-hybridized carbons (Fsp3) is 0.125. The van der Waals surface area contributed by atoms with Crippen LogP contribution in [0.25, 0.3) is 125 Å². The van der Waals surface area contributed by atoms with E-state index in [-0.39, 0.29) is 54.4 Å². The highest BCUT2D eigenvalue weighted by atomic mass is 32.1. The molecule has 0 unspecified atom stereocenters. The first-order valence-electron chi connectivity index (χ1n) is 43.0. The average Bonchev–Trinajstić information content (AvgIpc) is 1.53. The Hall–Kier alpha value is -11.6. The lowest BCUT2D eigenvalue weighted by molar-refractivity contribution is 0.590. The van der Waals surface area contributed by atoms with Gasteiger partial charge < -0.3 is 23.5 Å². The van der Waals surface area contributed by atoms with Crippen molar-refractivity contribution < 1.29 is 21.9 Å². The summed E-state index contributed by atoms with van der Waals surface area (Å²) >= 11 is 1.42. The van der Waals surface area contributed by atoms with Crippen LogP contribution in [0, 0.1) is 0 Å². The molecule has 0 N–H and O–H groups in total. The maximum Gasteiger partial charge on any atom is 0.252 e. The van der Waals surface area contributed by atoms with E-state index in [1.165, 1.54) is 22.5 Å². The number of hydrogen-bond acceptors (Lipinski definition) is 3. The van der Waals surface area contributed by atoms with Crippen molar-refractivity contribution in [3.05, 3.63) is 314 Å². The lowest BCUT2D eigenvalue weighted by Crippen LogP contribution is -2.61. The Balaban J connectivity index is 0.949. The molecule has 0 amide bonds. The van der Waals surface area contributed by atoms with E-state index in [4.69, 9.17) is 8.22 Å². The van der Waals surface area contributed by atoms with Crippen LogP contribution < -0.4 is 26.2 Å². The summed E-state index contributed by atoms with van der Waals surface area (Å²) < 4.78 is 157. The van der Waals surface area contributed by atoms with Crippen molar-refractivity contribution in [2.24, 2.45) is 0 Å². The lowest BCUT2D eigenvalue weighted by atomic mass is 9.33. The van der Waals surface area contributed by atoms with Crippen LogP contribution in [0.2, 0.25) is 0 Å². The molecule has 0 fully saturated rings. The molecule has 5 nitrogen and oxygen atoms in total. The van der Waals surface area contributed by atoms with Gasteiger partial charge in [-0.1, -0.05) is 262 Å². The first kappa shape index (κ1) is 46.7. The van der Waals surface area contributed by atoms with E-state index in [2.05, 4.69) is 222 Å². The molecule has 4 aromatic heterocycles. The zero-order valence-electron chi connectivity index (χ0n) is 74.3. The van der Waals surface area contributed by atoms with Crippen molar-refractivity contribution in [1.82, 2.24) is 13.7 Å². The number of benzene rings is 14. The molecule has 18 aromatic rings. The van der Waals surface area contributed by atoms with Crippen molar-refractivity contribution >= 4 is 154 Å². The van der Waals surface area contributed by atoms with Gasteiger partial charge in [0.25, 0.3) is 6.71 Å². The molecule has 0 atom stereocenters. The molecule has 103 heavy (non-hydrogen) atoms. The van der Waals surface area contributed by atoms with Crippen molar-refractivity contribution in [3.8, 4) is 39.3 Å². The Labute approximate surface area is 627 Å². The van der Waals surface area contributed by atoms with Crippen molar-refractivity contribution in [3.63, 3.8) is 0 Å². The molecule has 7 heteroatoms. The zero-order chi connectivity index (χ0) is 83.5. The molecular formula is C96H76BN5S. The number of thiophene rings is 1. The van der Waals surface area contributed by atoms with Crippen LogP contribution in [-0.4, -0.2) is 20.4 Å². The summed E-state index contributed by atoms with van der Waals surface area (Å²) in [7, 11) is 0. The fourth-order valence-electron chi connectivity index (χ4n) is 16.4. The van der Waals surface area contributed by atoms with Crippen molar-refractivity contribution in [1.29, 1.82) is 0 Å². The van der Waals surface area contributed by atoms with Crippen molar-refractivity contribution in [2.75, 3.05) is 9.80 Å². The van der Waals surface area contributed by atoms with E-state index in [9.17, 15) is 13.7 Å². The summed E-state index contributed by atoms with van der Waals surface area (Å²) in [6.07, 6.45) is 0. The van der Waals surface area contributed by atoms with Gasteiger partial charge in [-0.3, -0.25) is 0 Å². The van der Waals surface area contributed by atoms with Crippen LogP contribution in [0.3, 0.4) is 0 Å². The van der Waals surface area contributed by atoms with E-state index in [1.807, 2.05) is 54.6 Å². The molecule has 0 bridgehead atoms. The SMILES string of the molecule is [2H]c1c([2H])c([2H])c2c(c1[2H])c1c([2H])c([2H])c([2H])c([2H])c1n2-c1ccc2c(c1)N(c1cccc3c1sc1c(-n4c5c([2H])c([2H])c([2H])c([2H])c5c5c([2H])c([2H])c([2H])c([2H])c54)cccc13)c1cc(C(C)(C)C)cc3c1B2c1ccc(-n2c4ccc(C(C)(C)C)cc4c4cc(C(C)(C)C)ccc42)cc1N3c1c(-c2ccccc2)cccc1-c1ccccc1. The van der Waals surface area contributed by atoms with Gasteiger partial charge in [-0.15, -0.1) is 11.3 Å². The van der Waals surface area contributed by atoms with Crippen LogP contribution in [-0.2, 0) is 16.2 Å². The molecule has 494 valence electrons. The molecule has 20 rings (SSSR count). The minimum absolute atomic E-state index is 0.0160. The molecular weight excluding hydrogens is 1270 g/mol. The second-order valence-electron chi connectivity index (χ2n) is 30.5. The smallest absolute Gasteiger partial charge is 0.252 e. The van der Waals surface area contributed by atoms with E-state index >= 15 is 0 Å². The van der Waals surface area contributed by atoms with Gasteiger partial charge in [-0.25, -0.2) is 0 Å². The Morgan fingerprint density at radius 3 is 1.18 bits per heavy atom. The van der Waals surface area contributed by atoms with Gasteiger partial charge in [0.2, 0.25) is 0 Å². The molecule has 0 spiro atoms. The first-order chi connectivity index (χ1) is 56.7. The van der Waals surface area contributed by atoms with E-state index in [0.29, 0.717) is 27.4 Å². The van der Waals surface area contributed by atoms with E-state index in [1.54, 1.807) is 9.13 Å². The van der Waals surface area contributed by atoms with Gasteiger partial charge in [0.1, 0.15) is 0 Å². The highest BCUT2D eigenvalue weighted by molar-refractivity contribution is 7.27. The summed E-state index contributed by atoms with van der Waals surface area (Å²) in [5.74, 6) is 0. The molecule has 14 aromatic carbocycles. The fourth-order valence-corrected chi connectivity index (χ4v) is 17.7. The minimum atomic E-state index is -0.601. The number of anilines is 6. The molecule has 2 aliphatic heterocycles. The summed E-state index contributed by atoms with van der Waals surface area (Å²) in [4.78, 5) is 4.76. The number of aromatic nitrogens is 3. The molecule has 0 saturated carbocycles. The Morgan fingerprint density at radius 1 is 0.301 bits per heavy atom. The minimum Gasteiger partial charge on any atom is -0.310 e. The normalized spacial score (nSPS) is 15.4. The van der Waals surface area contributed by atoms with Gasteiger partial charge in [0, 0.05) is 88.3 Å². The van der Waals surface area contributed by atoms with Gasteiger partial charge in [0.05, 0.1) is 81.5 Å². The van der Waals surface area contributed by atoms with Gasteiger partial charge in [-0.05, 0) is 157 Å². The highest BCUT2D eigenvalue weighted by Crippen LogP contribution is 2.54. The maximum atomic E-state index is 9.83. The van der Waals surface area contributed by atoms with Crippen LogP contribution in [0.1, 0.15) is 101 Å². The number of para-hydroxylation sites is 5. The highest BCUT2D eigenvalue weighted by Gasteiger charge is 2.46. The largest absolute Gasteiger partial charge is 0.310 e. The predicted molar refractivity (Wildman–Crippen MR) is 443 cm³/mol. The first-order valence-corrected chi connectivity index (χ1v) is 35.9. The summed E-state index contributed by atoms with van der Waals surface area (Å²) in [5.41, 5.74) is 17.5. The lowest BCUT2D eigenvalue weighted by Gasteiger charge is -2.46. The van der Waals surface area contributed by atoms with Crippen LogP contribution in [0.15, 0.2) is 297 Å². The van der Waals surface area contributed by atoms with Gasteiger partial charge in [0.15, 0.2) is 0 Å². The average molecular weight is 1360 g/mol. The maximum absolute atomic E-state index is 9.83.